The average Bonchev–Trinajstić information content (AvgIpc) is 3.32. The minimum Gasteiger partial charge on any atom is -0.496 e. The fourth-order valence-corrected chi connectivity index (χ4v) is 5.20. The first kappa shape index (κ1) is 24.2. The van der Waals surface area contributed by atoms with Gasteiger partial charge in [-0.3, -0.25) is 25.2 Å². The molecule has 0 bridgehead atoms. The minimum absolute atomic E-state index is 0.0662. The number of hydrazine groups is 1. The van der Waals surface area contributed by atoms with Gasteiger partial charge in [-0.15, -0.1) is 11.3 Å². The molecular weight excluding hydrogens is 492 g/mol. The number of methoxy groups -OCH3 is 1. The Morgan fingerprint density at radius 3 is 2.18 bits per heavy atom. The number of primary sulfonamides is 1. The number of ether oxygens (including phenoxy) is 1. The monoisotopic (exact) mass is 510 g/mol. The molecule has 11 nitrogen and oxygen atoms in total. The first-order valence-electron chi connectivity index (χ1n) is 8.99. The van der Waals surface area contributed by atoms with E-state index in [2.05, 4.69) is 15.6 Å². The quantitative estimate of drug-likeness (QED) is 0.346. The molecule has 0 fully saturated rings. The summed E-state index contributed by atoms with van der Waals surface area (Å²) in [6.07, 6.45) is 0. The van der Waals surface area contributed by atoms with Gasteiger partial charge in [0.15, 0.2) is 0 Å². The molecule has 0 saturated carbocycles. The van der Waals surface area contributed by atoms with Gasteiger partial charge in [0, 0.05) is 11.3 Å². The lowest BCUT2D eigenvalue weighted by atomic mass is 10.2. The van der Waals surface area contributed by atoms with E-state index in [4.69, 9.17) is 9.88 Å². The maximum Gasteiger partial charge on any atom is 0.273 e. The number of hydrogen-bond acceptors (Lipinski definition) is 8. The molecule has 0 unspecified atom stereocenters. The Morgan fingerprint density at radius 2 is 1.61 bits per heavy atom. The predicted molar refractivity (Wildman–Crippen MR) is 121 cm³/mol. The van der Waals surface area contributed by atoms with E-state index in [9.17, 15) is 26.4 Å². The topological polar surface area (TPSA) is 174 Å². The van der Waals surface area contributed by atoms with Crippen LogP contribution in [0.3, 0.4) is 0 Å². The molecule has 1 aromatic heterocycles. The average molecular weight is 511 g/mol. The molecule has 0 aliphatic heterocycles. The lowest BCUT2D eigenvalue weighted by molar-refractivity contribution is 0.0845. The number of nitrogens with one attached hydrogen (secondary N) is 3. The van der Waals surface area contributed by atoms with Gasteiger partial charge in [-0.1, -0.05) is 6.07 Å². The SMILES string of the molecule is COc1ccc(S(N)(=O)=O)cc1C(=O)NNC(=O)c1ccc(NS(=O)(=O)c2cccs2)cc1. The fraction of sp³-hybridized carbons (Fsp3) is 0.0526. The first-order chi connectivity index (χ1) is 15.5. The van der Waals surface area contributed by atoms with Gasteiger partial charge in [0.05, 0.1) is 17.6 Å². The van der Waals surface area contributed by atoms with Crippen molar-refractivity contribution in [2.75, 3.05) is 11.8 Å². The van der Waals surface area contributed by atoms with E-state index in [1.807, 2.05) is 0 Å². The second-order valence-corrected chi connectivity index (χ2v) is 10.8. The normalized spacial score (nSPS) is 11.5. The van der Waals surface area contributed by atoms with Gasteiger partial charge >= 0.3 is 0 Å². The number of benzene rings is 2. The molecule has 2 aromatic carbocycles. The number of amides is 2. The van der Waals surface area contributed by atoms with E-state index in [1.165, 1.54) is 49.6 Å². The highest BCUT2D eigenvalue weighted by atomic mass is 32.2. The summed E-state index contributed by atoms with van der Waals surface area (Å²) < 4.78 is 55.1. The molecule has 174 valence electrons. The first-order valence-corrected chi connectivity index (χ1v) is 12.9. The summed E-state index contributed by atoms with van der Waals surface area (Å²) in [6.45, 7) is 0. The number of nitrogens with two attached hydrogens (primary N) is 1. The van der Waals surface area contributed by atoms with Crippen LogP contribution in [0.4, 0.5) is 5.69 Å². The zero-order valence-electron chi connectivity index (χ0n) is 16.9. The Labute approximate surface area is 193 Å². The minimum atomic E-state index is -4.06. The second kappa shape index (κ2) is 9.58. The van der Waals surface area contributed by atoms with E-state index >= 15 is 0 Å². The molecule has 1 heterocycles. The zero-order chi connectivity index (χ0) is 24.2. The Kier molecular flexibility index (Phi) is 7.02. The zero-order valence-corrected chi connectivity index (χ0v) is 19.4. The molecule has 0 spiro atoms. The van der Waals surface area contributed by atoms with Crippen LogP contribution in [0.25, 0.3) is 0 Å². The largest absolute Gasteiger partial charge is 0.496 e. The molecule has 14 heteroatoms. The van der Waals surface area contributed by atoms with Gasteiger partial charge in [-0.25, -0.2) is 22.0 Å². The molecule has 0 radical (unpaired) electrons. The second-order valence-electron chi connectivity index (χ2n) is 6.43. The summed E-state index contributed by atoms with van der Waals surface area (Å²) in [4.78, 5) is 24.5. The third-order valence-electron chi connectivity index (χ3n) is 4.19. The summed E-state index contributed by atoms with van der Waals surface area (Å²) in [5.41, 5.74) is 4.55. The van der Waals surface area contributed by atoms with Crippen molar-refractivity contribution in [1.82, 2.24) is 10.9 Å². The van der Waals surface area contributed by atoms with E-state index in [0.29, 0.717) is 0 Å². The van der Waals surface area contributed by atoms with Gasteiger partial charge in [0.1, 0.15) is 9.96 Å². The highest BCUT2D eigenvalue weighted by Crippen LogP contribution is 2.22. The van der Waals surface area contributed by atoms with E-state index in [-0.39, 0.29) is 31.7 Å². The number of carbonyl (C=O) groups excluding carboxylic acids is 2. The van der Waals surface area contributed by atoms with Crippen LogP contribution in [0.2, 0.25) is 0 Å². The van der Waals surface area contributed by atoms with Crippen LogP contribution in [0.1, 0.15) is 20.7 Å². The maximum atomic E-state index is 12.4. The van der Waals surface area contributed by atoms with Gasteiger partial charge < -0.3 is 4.74 Å². The third-order valence-corrected chi connectivity index (χ3v) is 7.88. The van der Waals surface area contributed by atoms with Crippen LogP contribution in [-0.2, 0) is 20.0 Å². The van der Waals surface area contributed by atoms with Gasteiger partial charge in [0.2, 0.25) is 10.0 Å². The Morgan fingerprint density at radius 1 is 0.939 bits per heavy atom. The van der Waals surface area contributed by atoms with Crippen molar-refractivity contribution in [3.8, 4) is 5.75 Å². The number of anilines is 1. The van der Waals surface area contributed by atoms with Crippen LogP contribution >= 0.6 is 11.3 Å². The Bertz CT molecular complexity index is 1390. The standard InChI is InChI=1S/C19H18N4O7S3/c1-30-16-9-8-14(32(20,26)27)11-15(16)19(25)22-21-18(24)12-4-6-13(7-5-12)23-33(28,29)17-3-2-10-31-17/h2-11,23H,1H3,(H,21,24)(H,22,25)(H2,20,26,27). The number of sulfonamides is 2. The Hall–Kier alpha value is -3.46. The lowest BCUT2D eigenvalue weighted by Gasteiger charge is -2.12. The van der Waals surface area contributed by atoms with Crippen molar-refractivity contribution < 1.29 is 31.2 Å². The maximum absolute atomic E-state index is 12.4. The summed E-state index contributed by atoms with van der Waals surface area (Å²) in [6, 6.07) is 12.0. The van der Waals surface area contributed by atoms with E-state index in [1.54, 1.807) is 11.4 Å². The summed E-state index contributed by atoms with van der Waals surface area (Å²) >= 11 is 1.07. The van der Waals surface area contributed by atoms with Crippen LogP contribution in [-0.4, -0.2) is 35.8 Å². The molecule has 33 heavy (non-hydrogen) atoms. The lowest BCUT2D eigenvalue weighted by Crippen LogP contribution is -2.41. The van der Waals surface area contributed by atoms with Gasteiger partial charge in [-0.05, 0) is 53.9 Å². The molecule has 2 amide bonds. The number of thiophene rings is 1. The van der Waals surface area contributed by atoms with Crippen LogP contribution in [0.15, 0.2) is 69.1 Å². The molecular formula is C19H18N4O7S3. The fourth-order valence-electron chi connectivity index (χ4n) is 2.61. The highest BCUT2D eigenvalue weighted by molar-refractivity contribution is 7.94. The van der Waals surface area contributed by atoms with Crippen LogP contribution < -0.4 is 25.4 Å². The molecule has 0 aliphatic carbocycles. The van der Waals surface area contributed by atoms with Crippen molar-refractivity contribution in [3.05, 3.63) is 71.1 Å². The smallest absolute Gasteiger partial charge is 0.273 e. The van der Waals surface area contributed by atoms with Crippen molar-refractivity contribution in [2.45, 2.75) is 9.10 Å². The van der Waals surface area contributed by atoms with E-state index in [0.717, 1.165) is 17.4 Å². The van der Waals surface area contributed by atoms with Crippen LogP contribution in [0.5, 0.6) is 5.75 Å². The molecule has 3 rings (SSSR count). The number of hydrogen-bond donors (Lipinski definition) is 4. The Balaban J connectivity index is 1.67. The van der Waals surface area contributed by atoms with Crippen LogP contribution in [0, 0.1) is 0 Å². The summed E-state index contributed by atoms with van der Waals surface area (Å²) in [7, 11) is -6.50. The van der Waals surface area contributed by atoms with Crippen molar-refractivity contribution in [3.63, 3.8) is 0 Å². The molecule has 0 aliphatic rings. The van der Waals surface area contributed by atoms with Gasteiger partial charge in [-0.2, -0.15) is 0 Å². The van der Waals surface area contributed by atoms with E-state index < -0.39 is 31.9 Å². The number of carbonyl (C=O) groups is 2. The van der Waals surface area contributed by atoms with Gasteiger partial charge in [0.25, 0.3) is 21.8 Å². The highest BCUT2D eigenvalue weighted by Gasteiger charge is 2.19. The molecule has 3 aromatic rings. The molecule has 5 N–H and O–H groups in total. The summed E-state index contributed by atoms with van der Waals surface area (Å²) in [5, 5.41) is 6.72. The third kappa shape index (κ3) is 5.87. The predicted octanol–water partition coefficient (Wildman–Crippen LogP) is 1.28. The summed E-state index contributed by atoms with van der Waals surface area (Å²) in [5.74, 6) is -1.47. The molecule has 0 atom stereocenters. The number of rotatable bonds is 7. The van der Waals surface area contributed by atoms with Crippen molar-refractivity contribution in [1.29, 1.82) is 0 Å². The molecule has 0 saturated heterocycles. The van der Waals surface area contributed by atoms with Crippen molar-refractivity contribution >= 4 is 48.9 Å². The van der Waals surface area contributed by atoms with Crippen molar-refractivity contribution in [2.24, 2.45) is 5.14 Å².